The van der Waals surface area contributed by atoms with Crippen LogP contribution in [0.3, 0.4) is 0 Å². The third kappa shape index (κ3) is 5.67. The van der Waals surface area contributed by atoms with Gasteiger partial charge in [0.15, 0.2) is 5.13 Å². The van der Waals surface area contributed by atoms with E-state index in [9.17, 15) is 4.79 Å². The highest BCUT2D eigenvalue weighted by Gasteiger charge is 2.21. The van der Waals surface area contributed by atoms with Gasteiger partial charge in [0.2, 0.25) is 0 Å². The first-order valence-corrected chi connectivity index (χ1v) is 13.2. The van der Waals surface area contributed by atoms with Crippen molar-refractivity contribution in [3.8, 4) is 0 Å². The first-order valence-electron chi connectivity index (χ1n) is 12.0. The number of aryl methyl sites for hydroxylation is 1. The normalized spacial score (nSPS) is 14.4. The summed E-state index contributed by atoms with van der Waals surface area (Å²) >= 11 is 8.05. The molecule has 1 aromatic heterocycles. The van der Waals surface area contributed by atoms with Gasteiger partial charge in [-0.15, -0.1) is 0 Å². The Bertz CT molecular complexity index is 1260. The molecule has 0 unspecified atom stereocenters. The Morgan fingerprint density at radius 1 is 0.971 bits per heavy atom. The molecular weight excluding hydrogens is 476 g/mol. The number of piperazine rings is 1. The molecular formula is C28H29ClN4OS. The van der Waals surface area contributed by atoms with E-state index in [-0.39, 0.29) is 5.91 Å². The first-order chi connectivity index (χ1) is 17.1. The van der Waals surface area contributed by atoms with Crippen molar-refractivity contribution in [2.24, 2.45) is 0 Å². The number of thiazole rings is 1. The zero-order valence-corrected chi connectivity index (χ0v) is 21.4. The van der Waals surface area contributed by atoms with Crippen molar-refractivity contribution in [2.75, 3.05) is 44.2 Å². The van der Waals surface area contributed by atoms with Gasteiger partial charge >= 0.3 is 0 Å². The van der Waals surface area contributed by atoms with Crippen molar-refractivity contribution >= 4 is 44.2 Å². The third-order valence-corrected chi connectivity index (χ3v) is 8.09. The number of hydrogen-bond donors (Lipinski definition) is 1. The minimum Gasteiger partial charge on any atom is -0.351 e. The van der Waals surface area contributed by atoms with Gasteiger partial charge in [0, 0.05) is 44.8 Å². The van der Waals surface area contributed by atoms with E-state index in [1.54, 1.807) is 11.3 Å². The van der Waals surface area contributed by atoms with Crippen LogP contribution in [0.2, 0.25) is 5.02 Å². The Hall–Kier alpha value is -2.93. The summed E-state index contributed by atoms with van der Waals surface area (Å²) in [4.78, 5) is 22.2. The molecule has 1 aliphatic heterocycles. The predicted octanol–water partition coefficient (Wildman–Crippen LogP) is 5.40. The number of rotatable bonds is 7. The molecule has 7 heteroatoms. The van der Waals surface area contributed by atoms with Crippen LogP contribution in [0.25, 0.3) is 10.2 Å². The number of carbonyl (C=O) groups excluding carboxylic acids is 1. The second-order valence-electron chi connectivity index (χ2n) is 8.98. The number of amides is 1. The Morgan fingerprint density at radius 2 is 1.69 bits per heavy atom. The van der Waals surface area contributed by atoms with Gasteiger partial charge in [0.05, 0.1) is 15.2 Å². The molecule has 0 atom stereocenters. The number of fused-ring (bicyclic) bond motifs is 1. The third-order valence-electron chi connectivity index (χ3n) is 6.51. The highest BCUT2D eigenvalue weighted by atomic mass is 35.5. The smallest absolute Gasteiger partial charge is 0.251 e. The van der Waals surface area contributed by atoms with Gasteiger partial charge in [-0.2, -0.15) is 0 Å². The maximum absolute atomic E-state index is 12.6. The molecule has 2 heterocycles. The van der Waals surface area contributed by atoms with Crippen LogP contribution in [0, 0.1) is 6.92 Å². The Balaban J connectivity index is 1.07. The molecule has 0 bridgehead atoms. The molecule has 1 amide bonds. The summed E-state index contributed by atoms with van der Waals surface area (Å²) in [6.45, 7) is 7.31. The quantitative estimate of drug-likeness (QED) is 0.366. The van der Waals surface area contributed by atoms with E-state index in [2.05, 4.69) is 46.3 Å². The maximum atomic E-state index is 12.6. The van der Waals surface area contributed by atoms with Gasteiger partial charge in [-0.3, -0.25) is 9.69 Å². The number of nitrogens with zero attached hydrogens (tertiary/aromatic N) is 3. The molecule has 1 saturated heterocycles. The molecule has 4 aromatic rings. The molecule has 180 valence electrons. The summed E-state index contributed by atoms with van der Waals surface area (Å²) in [6.07, 6.45) is 0.873. The first kappa shape index (κ1) is 23.8. The standard InChI is InChI=1S/C28H29ClN4OS/c1-20-7-12-24(29)26-25(20)31-28(35-26)33-17-15-32(16-18-33)14-13-30-27(34)23-10-8-22(9-11-23)19-21-5-3-2-4-6-21/h2-12H,13-19H2,1H3,(H,30,34). The van der Waals surface area contributed by atoms with Crippen molar-refractivity contribution in [2.45, 2.75) is 13.3 Å². The molecule has 5 rings (SSSR count). The fourth-order valence-corrected chi connectivity index (χ4v) is 5.79. The van der Waals surface area contributed by atoms with Crippen LogP contribution in [-0.2, 0) is 6.42 Å². The van der Waals surface area contributed by atoms with Crippen molar-refractivity contribution < 1.29 is 4.79 Å². The summed E-state index contributed by atoms with van der Waals surface area (Å²) < 4.78 is 1.07. The summed E-state index contributed by atoms with van der Waals surface area (Å²) in [7, 11) is 0. The number of nitrogens with one attached hydrogen (secondary N) is 1. The van der Waals surface area contributed by atoms with E-state index in [1.165, 1.54) is 11.1 Å². The fourth-order valence-electron chi connectivity index (χ4n) is 4.42. The zero-order chi connectivity index (χ0) is 24.2. The molecule has 0 radical (unpaired) electrons. The molecule has 3 aromatic carbocycles. The van der Waals surface area contributed by atoms with E-state index >= 15 is 0 Å². The minimum atomic E-state index is -0.0170. The summed E-state index contributed by atoms with van der Waals surface area (Å²) in [6, 6.07) is 22.3. The minimum absolute atomic E-state index is 0.0170. The highest BCUT2D eigenvalue weighted by molar-refractivity contribution is 7.22. The van der Waals surface area contributed by atoms with Gasteiger partial charge in [0.25, 0.3) is 5.91 Å². The highest BCUT2D eigenvalue weighted by Crippen LogP contribution is 2.35. The van der Waals surface area contributed by atoms with Crippen LogP contribution in [0.5, 0.6) is 0 Å². The Labute approximate surface area is 215 Å². The van der Waals surface area contributed by atoms with Crippen LogP contribution < -0.4 is 10.2 Å². The largest absolute Gasteiger partial charge is 0.351 e. The number of carbonyl (C=O) groups is 1. The number of hydrogen-bond acceptors (Lipinski definition) is 5. The van der Waals surface area contributed by atoms with Crippen molar-refractivity contribution in [1.29, 1.82) is 0 Å². The lowest BCUT2D eigenvalue weighted by atomic mass is 10.0. The predicted molar refractivity (Wildman–Crippen MR) is 146 cm³/mol. The molecule has 1 N–H and O–H groups in total. The lowest BCUT2D eigenvalue weighted by molar-refractivity contribution is 0.0948. The van der Waals surface area contributed by atoms with Crippen LogP contribution >= 0.6 is 22.9 Å². The Kier molecular flexibility index (Phi) is 7.32. The van der Waals surface area contributed by atoms with E-state index in [0.717, 1.165) is 65.1 Å². The van der Waals surface area contributed by atoms with Crippen LogP contribution in [0.4, 0.5) is 5.13 Å². The number of anilines is 1. The van der Waals surface area contributed by atoms with Crippen LogP contribution in [0.1, 0.15) is 27.0 Å². The summed E-state index contributed by atoms with van der Waals surface area (Å²) in [5, 5.41) is 4.88. The van der Waals surface area contributed by atoms with Gasteiger partial charge in [-0.25, -0.2) is 4.98 Å². The van der Waals surface area contributed by atoms with E-state index in [4.69, 9.17) is 16.6 Å². The average Bonchev–Trinajstić information content (AvgIpc) is 3.35. The van der Waals surface area contributed by atoms with E-state index in [0.29, 0.717) is 12.1 Å². The van der Waals surface area contributed by atoms with Crippen LogP contribution in [0.15, 0.2) is 66.7 Å². The number of benzene rings is 3. The molecule has 0 spiro atoms. The lowest BCUT2D eigenvalue weighted by Gasteiger charge is -2.34. The Morgan fingerprint density at radius 3 is 2.40 bits per heavy atom. The SMILES string of the molecule is Cc1ccc(Cl)c2sc(N3CCN(CCNC(=O)c4ccc(Cc5ccccc5)cc4)CC3)nc12. The van der Waals surface area contributed by atoms with Gasteiger partial charge in [-0.1, -0.05) is 71.5 Å². The van der Waals surface area contributed by atoms with Gasteiger partial charge in [-0.05, 0) is 48.2 Å². The van der Waals surface area contributed by atoms with Gasteiger partial charge < -0.3 is 10.2 Å². The number of aromatic nitrogens is 1. The van der Waals surface area contributed by atoms with Crippen LogP contribution in [-0.4, -0.2) is 55.1 Å². The molecule has 5 nitrogen and oxygen atoms in total. The molecule has 0 aliphatic carbocycles. The van der Waals surface area contributed by atoms with Crippen molar-refractivity contribution in [3.05, 3.63) is 94.0 Å². The molecule has 0 saturated carbocycles. The lowest BCUT2D eigenvalue weighted by Crippen LogP contribution is -2.48. The second-order valence-corrected chi connectivity index (χ2v) is 10.4. The summed E-state index contributed by atoms with van der Waals surface area (Å²) in [5.41, 5.74) is 5.35. The fraction of sp³-hybridized carbons (Fsp3) is 0.286. The van der Waals surface area contributed by atoms with E-state index < -0.39 is 0 Å². The molecule has 35 heavy (non-hydrogen) atoms. The van der Waals surface area contributed by atoms with Crippen molar-refractivity contribution in [1.82, 2.24) is 15.2 Å². The average molecular weight is 505 g/mol. The molecule has 1 aliphatic rings. The zero-order valence-electron chi connectivity index (χ0n) is 19.8. The monoisotopic (exact) mass is 504 g/mol. The second kappa shape index (κ2) is 10.8. The molecule has 1 fully saturated rings. The van der Waals surface area contributed by atoms with Crippen molar-refractivity contribution in [3.63, 3.8) is 0 Å². The maximum Gasteiger partial charge on any atom is 0.251 e. The van der Waals surface area contributed by atoms with Gasteiger partial charge in [0.1, 0.15) is 0 Å². The topological polar surface area (TPSA) is 48.5 Å². The van der Waals surface area contributed by atoms with E-state index in [1.807, 2.05) is 42.5 Å². The number of halogens is 1. The summed E-state index contributed by atoms with van der Waals surface area (Å²) in [5.74, 6) is -0.0170.